The van der Waals surface area contributed by atoms with E-state index < -0.39 is 67.6 Å². The van der Waals surface area contributed by atoms with Gasteiger partial charge in [0.15, 0.2) is 23.3 Å². The van der Waals surface area contributed by atoms with Crippen molar-refractivity contribution in [3.05, 3.63) is 67.3 Å². The molecule has 2 rings (SSSR count). The van der Waals surface area contributed by atoms with Crippen molar-refractivity contribution in [3.8, 4) is 0 Å². The third-order valence-corrected chi connectivity index (χ3v) is 3.18. The highest BCUT2D eigenvalue weighted by atomic mass is 19.4. The zero-order valence-corrected chi connectivity index (χ0v) is 12.4. The molecular formula is C13H4F7N3O4. The van der Waals surface area contributed by atoms with Crippen molar-refractivity contribution in [3.63, 3.8) is 0 Å². The van der Waals surface area contributed by atoms with Gasteiger partial charge in [-0.1, -0.05) is 0 Å². The summed E-state index contributed by atoms with van der Waals surface area (Å²) in [6.07, 6.45) is -5.44. The van der Waals surface area contributed by atoms with Crippen LogP contribution in [-0.4, -0.2) is 9.85 Å². The third kappa shape index (κ3) is 3.73. The van der Waals surface area contributed by atoms with Gasteiger partial charge in [-0.25, -0.2) is 17.6 Å². The quantitative estimate of drug-likeness (QED) is 0.261. The highest BCUT2D eigenvalue weighted by molar-refractivity contribution is 5.76. The largest absolute Gasteiger partial charge is 0.418 e. The maximum atomic E-state index is 13.7. The first kappa shape index (κ1) is 19.9. The van der Waals surface area contributed by atoms with Gasteiger partial charge in [-0.05, 0) is 0 Å². The Labute approximate surface area is 143 Å². The van der Waals surface area contributed by atoms with Gasteiger partial charge in [0.1, 0.15) is 11.4 Å². The lowest BCUT2D eigenvalue weighted by molar-refractivity contribution is -0.394. The topological polar surface area (TPSA) is 98.3 Å². The van der Waals surface area contributed by atoms with Gasteiger partial charge in [-0.3, -0.25) is 20.2 Å². The summed E-state index contributed by atoms with van der Waals surface area (Å²) in [7, 11) is 0. The lowest BCUT2D eigenvalue weighted by atomic mass is 10.1. The Balaban J connectivity index is 2.82. The summed E-state index contributed by atoms with van der Waals surface area (Å²) in [5.41, 5.74) is -8.17. The summed E-state index contributed by atoms with van der Waals surface area (Å²) in [6, 6.07) is -0.219. The predicted molar refractivity (Wildman–Crippen MR) is 74.3 cm³/mol. The molecule has 0 spiro atoms. The number of nitrogens with zero attached hydrogens (tertiary/aromatic N) is 2. The number of nitrogens with one attached hydrogen (secondary N) is 1. The first-order chi connectivity index (χ1) is 12.3. The minimum Gasteiger partial charge on any atom is -0.345 e. The van der Waals surface area contributed by atoms with Crippen molar-refractivity contribution >= 4 is 22.7 Å². The molecule has 0 unspecified atom stereocenters. The Bertz CT molecular complexity index is 962. The van der Waals surface area contributed by atoms with E-state index in [-0.39, 0.29) is 18.2 Å². The maximum absolute atomic E-state index is 13.7. The van der Waals surface area contributed by atoms with E-state index in [4.69, 9.17) is 0 Å². The minimum atomic E-state index is -5.44. The Morgan fingerprint density at radius 3 is 1.89 bits per heavy atom. The molecular weight excluding hydrogens is 395 g/mol. The molecule has 0 aliphatic rings. The first-order valence-electron chi connectivity index (χ1n) is 6.48. The summed E-state index contributed by atoms with van der Waals surface area (Å²) >= 11 is 0. The molecule has 0 bridgehead atoms. The standard InChI is InChI=1S/C13H4F7N3O4/c14-6-3-7(15)12(10(17)9(6)16)21-11-5(13(18,19)20)1-4(22(24)25)2-8(11)23(26)27/h1-3,21H. The molecule has 0 aliphatic heterocycles. The van der Waals surface area contributed by atoms with Crippen LogP contribution in [-0.2, 0) is 6.18 Å². The van der Waals surface area contributed by atoms with Crippen LogP contribution in [0, 0.1) is 43.5 Å². The fourth-order valence-corrected chi connectivity index (χ4v) is 2.02. The number of nitro benzene ring substituents is 2. The molecule has 0 saturated carbocycles. The van der Waals surface area contributed by atoms with Gasteiger partial charge >= 0.3 is 6.18 Å². The summed E-state index contributed by atoms with van der Waals surface area (Å²) in [4.78, 5) is 18.9. The van der Waals surface area contributed by atoms with Crippen LogP contribution in [0.25, 0.3) is 0 Å². The second kappa shape index (κ2) is 6.69. The van der Waals surface area contributed by atoms with Crippen molar-refractivity contribution in [1.82, 2.24) is 0 Å². The molecule has 14 heteroatoms. The second-order valence-electron chi connectivity index (χ2n) is 4.87. The van der Waals surface area contributed by atoms with Crippen LogP contribution in [0.2, 0.25) is 0 Å². The zero-order chi connectivity index (χ0) is 20.7. The lowest BCUT2D eigenvalue weighted by Crippen LogP contribution is -2.13. The van der Waals surface area contributed by atoms with Gasteiger partial charge in [0.2, 0.25) is 0 Å². The smallest absolute Gasteiger partial charge is 0.345 e. The molecule has 1 N–H and O–H groups in total. The van der Waals surface area contributed by atoms with E-state index in [0.29, 0.717) is 0 Å². The van der Waals surface area contributed by atoms with Crippen molar-refractivity contribution in [2.75, 3.05) is 5.32 Å². The van der Waals surface area contributed by atoms with E-state index in [9.17, 15) is 51.0 Å². The van der Waals surface area contributed by atoms with Crippen LogP contribution < -0.4 is 5.32 Å². The molecule has 0 aromatic heterocycles. The number of hydrogen-bond acceptors (Lipinski definition) is 5. The zero-order valence-electron chi connectivity index (χ0n) is 12.4. The normalized spacial score (nSPS) is 11.4. The number of halogens is 7. The van der Waals surface area contributed by atoms with Crippen molar-refractivity contribution in [2.45, 2.75) is 6.18 Å². The second-order valence-corrected chi connectivity index (χ2v) is 4.87. The summed E-state index contributed by atoms with van der Waals surface area (Å²) in [5, 5.41) is 23.1. The lowest BCUT2D eigenvalue weighted by Gasteiger charge is -2.16. The summed E-state index contributed by atoms with van der Waals surface area (Å²) in [6.45, 7) is 0. The first-order valence-corrected chi connectivity index (χ1v) is 6.48. The van der Waals surface area contributed by atoms with Gasteiger partial charge in [0, 0.05) is 12.1 Å². The molecule has 0 amide bonds. The van der Waals surface area contributed by atoms with Gasteiger partial charge in [0.25, 0.3) is 11.4 Å². The maximum Gasteiger partial charge on any atom is 0.418 e. The summed E-state index contributed by atoms with van der Waals surface area (Å²) < 4.78 is 93.1. The molecule has 0 atom stereocenters. The SMILES string of the molecule is O=[N+]([O-])c1cc([N+](=O)[O-])c(Nc2c(F)cc(F)c(F)c2F)c(C(F)(F)F)c1. The molecule has 0 fully saturated rings. The van der Waals surface area contributed by atoms with Gasteiger partial charge < -0.3 is 5.32 Å². The molecule has 2 aromatic rings. The monoisotopic (exact) mass is 399 g/mol. The molecule has 2 aromatic carbocycles. The van der Waals surface area contributed by atoms with E-state index in [0.717, 1.165) is 0 Å². The van der Waals surface area contributed by atoms with Crippen molar-refractivity contribution < 1.29 is 40.6 Å². The number of non-ortho nitro benzene ring substituents is 1. The molecule has 0 radical (unpaired) electrons. The highest BCUT2D eigenvalue weighted by Gasteiger charge is 2.40. The predicted octanol–water partition coefficient (Wildman–Crippen LogP) is 4.82. The summed E-state index contributed by atoms with van der Waals surface area (Å²) in [5.74, 6) is -8.43. The van der Waals surface area contributed by atoms with Gasteiger partial charge in [-0.15, -0.1) is 0 Å². The third-order valence-electron chi connectivity index (χ3n) is 3.18. The Morgan fingerprint density at radius 2 is 1.41 bits per heavy atom. The Morgan fingerprint density at radius 1 is 0.815 bits per heavy atom. The number of hydrogen-bond donors (Lipinski definition) is 1. The molecule has 27 heavy (non-hydrogen) atoms. The number of anilines is 2. The number of nitro groups is 2. The number of benzene rings is 2. The van der Waals surface area contributed by atoms with Gasteiger partial charge in [-0.2, -0.15) is 13.2 Å². The molecule has 0 aliphatic carbocycles. The average Bonchev–Trinajstić information content (AvgIpc) is 2.55. The van der Waals surface area contributed by atoms with Crippen LogP contribution >= 0.6 is 0 Å². The molecule has 0 heterocycles. The van der Waals surface area contributed by atoms with Crippen LogP contribution in [0.3, 0.4) is 0 Å². The van der Waals surface area contributed by atoms with E-state index in [1.54, 1.807) is 0 Å². The fraction of sp³-hybridized carbons (Fsp3) is 0.0769. The van der Waals surface area contributed by atoms with Crippen molar-refractivity contribution in [1.29, 1.82) is 0 Å². The Kier molecular flexibility index (Phi) is 4.93. The van der Waals surface area contributed by atoms with Crippen LogP contribution in [0.4, 0.5) is 53.5 Å². The molecule has 7 nitrogen and oxygen atoms in total. The van der Waals surface area contributed by atoms with Crippen molar-refractivity contribution in [2.24, 2.45) is 0 Å². The molecule has 144 valence electrons. The number of alkyl halides is 3. The minimum absolute atomic E-state index is 0.104. The average molecular weight is 399 g/mol. The van der Waals surface area contributed by atoms with E-state index in [1.165, 1.54) is 5.32 Å². The van der Waals surface area contributed by atoms with Crippen LogP contribution in [0.15, 0.2) is 18.2 Å². The van der Waals surface area contributed by atoms with E-state index >= 15 is 0 Å². The van der Waals surface area contributed by atoms with Gasteiger partial charge in [0.05, 0.1) is 21.5 Å². The highest BCUT2D eigenvalue weighted by Crippen LogP contribution is 2.44. The van der Waals surface area contributed by atoms with Crippen LogP contribution in [0.5, 0.6) is 0 Å². The van der Waals surface area contributed by atoms with Crippen LogP contribution in [0.1, 0.15) is 5.56 Å². The van der Waals surface area contributed by atoms with E-state index in [1.807, 2.05) is 0 Å². The van der Waals surface area contributed by atoms with E-state index in [2.05, 4.69) is 0 Å². The number of rotatable bonds is 4. The Hall–Kier alpha value is -3.45. The fourth-order valence-electron chi connectivity index (χ4n) is 2.02. The molecule has 0 saturated heterocycles.